The number of imidazole rings is 1. The Morgan fingerprint density at radius 3 is 3.06 bits per heavy atom. The van der Waals surface area contributed by atoms with Crippen molar-refractivity contribution in [2.24, 2.45) is 0 Å². The Morgan fingerprint density at radius 2 is 2.44 bits per heavy atom. The second-order valence-corrected chi connectivity index (χ2v) is 3.75. The highest BCUT2D eigenvalue weighted by Gasteiger charge is 2.14. The Hall–Kier alpha value is -1.91. The SMILES string of the molecule is CC(CC(=O)O)c1cn2cccc(F)c2n1. The number of nitrogens with zero attached hydrogens (tertiary/aromatic N) is 2. The van der Waals surface area contributed by atoms with Crippen molar-refractivity contribution in [2.45, 2.75) is 19.3 Å². The van der Waals surface area contributed by atoms with Gasteiger partial charge in [0, 0.05) is 18.3 Å². The standard InChI is InChI=1S/C11H11FN2O2/c1-7(5-10(15)16)9-6-14-4-2-3-8(12)11(14)13-9/h2-4,6-7H,5H2,1H3,(H,15,16). The summed E-state index contributed by atoms with van der Waals surface area (Å²) in [6.07, 6.45) is 3.33. The number of rotatable bonds is 3. The highest BCUT2D eigenvalue weighted by molar-refractivity contribution is 5.67. The molecule has 1 unspecified atom stereocenters. The molecule has 2 aromatic rings. The first kappa shape index (κ1) is 10.6. The van der Waals surface area contributed by atoms with Crippen molar-refractivity contribution >= 4 is 11.6 Å². The van der Waals surface area contributed by atoms with E-state index in [9.17, 15) is 9.18 Å². The number of carbonyl (C=O) groups is 1. The van der Waals surface area contributed by atoms with Crippen molar-refractivity contribution in [1.82, 2.24) is 9.38 Å². The summed E-state index contributed by atoms with van der Waals surface area (Å²) < 4.78 is 14.9. The summed E-state index contributed by atoms with van der Waals surface area (Å²) in [5.74, 6) is -1.52. The van der Waals surface area contributed by atoms with Crippen molar-refractivity contribution < 1.29 is 14.3 Å². The molecular formula is C11H11FN2O2. The van der Waals surface area contributed by atoms with Crippen LogP contribution in [0, 0.1) is 5.82 Å². The number of aliphatic carboxylic acids is 1. The first-order valence-corrected chi connectivity index (χ1v) is 4.93. The smallest absolute Gasteiger partial charge is 0.304 e. The molecule has 1 N–H and O–H groups in total. The third-order valence-electron chi connectivity index (χ3n) is 2.44. The summed E-state index contributed by atoms with van der Waals surface area (Å²) >= 11 is 0. The zero-order valence-corrected chi connectivity index (χ0v) is 8.72. The molecule has 0 saturated carbocycles. The highest BCUT2D eigenvalue weighted by atomic mass is 19.1. The van der Waals surface area contributed by atoms with Gasteiger partial charge >= 0.3 is 5.97 Å². The lowest BCUT2D eigenvalue weighted by Crippen LogP contribution is -2.02. The average molecular weight is 222 g/mol. The predicted octanol–water partition coefficient (Wildman–Crippen LogP) is 2.05. The molecule has 4 nitrogen and oxygen atoms in total. The molecule has 0 aliphatic heterocycles. The highest BCUT2D eigenvalue weighted by Crippen LogP contribution is 2.19. The van der Waals surface area contributed by atoms with Gasteiger partial charge in [0.15, 0.2) is 11.5 Å². The summed E-state index contributed by atoms with van der Waals surface area (Å²) in [6, 6.07) is 2.91. The van der Waals surface area contributed by atoms with Crippen LogP contribution in [-0.4, -0.2) is 20.5 Å². The van der Waals surface area contributed by atoms with Gasteiger partial charge in [-0.25, -0.2) is 9.37 Å². The fraction of sp³-hybridized carbons (Fsp3) is 0.273. The number of hydrogen-bond acceptors (Lipinski definition) is 2. The van der Waals surface area contributed by atoms with E-state index in [0.29, 0.717) is 5.69 Å². The van der Waals surface area contributed by atoms with Gasteiger partial charge in [-0.3, -0.25) is 4.79 Å². The largest absolute Gasteiger partial charge is 0.481 e. The third kappa shape index (κ3) is 1.88. The Balaban J connectivity index is 2.39. The fourth-order valence-corrected chi connectivity index (χ4v) is 1.60. The molecule has 0 bridgehead atoms. The molecule has 0 aliphatic rings. The van der Waals surface area contributed by atoms with Crippen molar-refractivity contribution in [3.63, 3.8) is 0 Å². The minimum absolute atomic E-state index is 0.00843. The van der Waals surface area contributed by atoms with Crippen LogP contribution in [0.15, 0.2) is 24.5 Å². The Labute approximate surface area is 91.4 Å². The molecule has 2 rings (SSSR count). The maximum absolute atomic E-state index is 13.3. The summed E-state index contributed by atoms with van der Waals surface area (Å²) in [4.78, 5) is 14.6. The van der Waals surface area contributed by atoms with Crippen LogP contribution in [0.4, 0.5) is 4.39 Å². The molecule has 0 aromatic carbocycles. The average Bonchev–Trinajstić information content (AvgIpc) is 2.61. The van der Waals surface area contributed by atoms with E-state index in [1.807, 2.05) is 0 Å². The Kier molecular flexibility index (Phi) is 2.60. The molecule has 2 heterocycles. The van der Waals surface area contributed by atoms with Gasteiger partial charge in [0.2, 0.25) is 0 Å². The first-order chi connectivity index (χ1) is 7.58. The lowest BCUT2D eigenvalue weighted by Gasteiger charge is -2.02. The molecule has 0 radical (unpaired) electrons. The van der Waals surface area contributed by atoms with Gasteiger partial charge in [-0.1, -0.05) is 6.92 Å². The number of carboxylic acid groups (broad SMARTS) is 1. The quantitative estimate of drug-likeness (QED) is 0.864. The van der Waals surface area contributed by atoms with E-state index in [2.05, 4.69) is 4.98 Å². The Morgan fingerprint density at radius 1 is 1.69 bits per heavy atom. The maximum atomic E-state index is 13.3. The Bertz CT molecular complexity index is 536. The van der Waals surface area contributed by atoms with E-state index in [1.54, 1.807) is 29.8 Å². The minimum Gasteiger partial charge on any atom is -0.481 e. The van der Waals surface area contributed by atoms with Crippen LogP contribution in [0.3, 0.4) is 0 Å². The van der Waals surface area contributed by atoms with E-state index in [4.69, 9.17) is 5.11 Å². The predicted molar refractivity (Wildman–Crippen MR) is 55.8 cm³/mol. The van der Waals surface area contributed by atoms with E-state index in [1.165, 1.54) is 6.07 Å². The zero-order valence-electron chi connectivity index (χ0n) is 8.72. The number of hydrogen-bond donors (Lipinski definition) is 1. The van der Waals surface area contributed by atoms with Gasteiger partial charge in [-0.05, 0) is 12.1 Å². The van der Waals surface area contributed by atoms with Gasteiger partial charge in [-0.15, -0.1) is 0 Å². The van der Waals surface area contributed by atoms with Gasteiger partial charge < -0.3 is 9.51 Å². The summed E-state index contributed by atoms with van der Waals surface area (Å²) in [6.45, 7) is 1.76. The zero-order chi connectivity index (χ0) is 11.7. The molecule has 0 amide bonds. The van der Waals surface area contributed by atoms with E-state index in [-0.39, 0.29) is 18.0 Å². The van der Waals surface area contributed by atoms with Gasteiger partial charge in [-0.2, -0.15) is 0 Å². The molecule has 16 heavy (non-hydrogen) atoms. The fourth-order valence-electron chi connectivity index (χ4n) is 1.60. The number of carboxylic acids is 1. The van der Waals surface area contributed by atoms with Crippen molar-refractivity contribution in [2.75, 3.05) is 0 Å². The summed E-state index contributed by atoms with van der Waals surface area (Å²) in [7, 11) is 0. The summed E-state index contributed by atoms with van der Waals surface area (Å²) in [5, 5.41) is 8.67. The molecule has 0 spiro atoms. The molecule has 5 heteroatoms. The van der Waals surface area contributed by atoms with Crippen LogP contribution < -0.4 is 0 Å². The first-order valence-electron chi connectivity index (χ1n) is 4.93. The van der Waals surface area contributed by atoms with Gasteiger partial charge in [0.1, 0.15) is 0 Å². The van der Waals surface area contributed by atoms with Crippen molar-refractivity contribution in [3.05, 3.63) is 36.0 Å². The molecule has 2 aromatic heterocycles. The molecule has 0 saturated heterocycles. The van der Waals surface area contributed by atoms with E-state index >= 15 is 0 Å². The monoisotopic (exact) mass is 222 g/mol. The number of halogens is 1. The van der Waals surface area contributed by atoms with Crippen molar-refractivity contribution in [3.8, 4) is 0 Å². The summed E-state index contributed by atoms with van der Waals surface area (Å²) in [5.41, 5.74) is 0.822. The minimum atomic E-state index is -0.884. The molecule has 0 aliphatic carbocycles. The van der Waals surface area contributed by atoms with Crippen LogP contribution in [0.5, 0.6) is 0 Å². The van der Waals surface area contributed by atoms with Crippen LogP contribution in [-0.2, 0) is 4.79 Å². The lowest BCUT2D eigenvalue weighted by molar-refractivity contribution is -0.137. The van der Waals surface area contributed by atoms with Crippen LogP contribution >= 0.6 is 0 Å². The van der Waals surface area contributed by atoms with E-state index in [0.717, 1.165) is 0 Å². The molecule has 84 valence electrons. The molecular weight excluding hydrogens is 211 g/mol. The second-order valence-electron chi connectivity index (χ2n) is 3.75. The maximum Gasteiger partial charge on any atom is 0.304 e. The van der Waals surface area contributed by atoms with Crippen LogP contribution in [0.2, 0.25) is 0 Å². The van der Waals surface area contributed by atoms with Gasteiger partial charge in [0.25, 0.3) is 0 Å². The van der Waals surface area contributed by atoms with E-state index < -0.39 is 11.8 Å². The number of fused-ring (bicyclic) bond motifs is 1. The van der Waals surface area contributed by atoms with Gasteiger partial charge in [0.05, 0.1) is 12.1 Å². The normalized spacial score (nSPS) is 12.9. The lowest BCUT2D eigenvalue weighted by atomic mass is 10.1. The number of aromatic nitrogens is 2. The molecule has 0 fully saturated rings. The third-order valence-corrected chi connectivity index (χ3v) is 2.44. The van der Waals surface area contributed by atoms with Crippen LogP contribution in [0.25, 0.3) is 5.65 Å². The number of pyridine rings is 1. The molecule has 1 atom stereocenters. The van der Waals surface area contributed by atoms with Crippen LogP contribution in [0.1, 0.15) is 25.0 Å². The topological polar surface area (TPSA) is 54.6 Å². The van der Waals surface area contributed by atoms with Crippen molar-refractivity contribution in [1.29, 1.82) is 0 Å². The second kappa shape index (κ2) is 3.92.